The number of aliphatic hydroxyl groups is 1. The lowest BCUT2D eigenvalue weighted by molar-refractivity contribution is -0.125. The van der Waals surface area contributed by atoms with Crippen molar-refractivity contribution >= 4 is 34.6 Å². The topological polar surface area (TPSA) is 153 Å². The van der Waals surface area contributed by atoms with Gasteiger partial charge in [-0.25, -0.2) is 4.98 Å². The Morgan fingerprint density at radius 1 is 1.44 bits per heavy atom. The van der Waals surface area contributed by atoms with Crippen molar-refractivity contribution in [2.45, 2.75) is 19.6 Å². The molecule has 1 aromatic carbocycles. The Balaban J connectivity index is 2.20. The van der Waals surface area contributed by atoms with Crippen LogP contribution in [0.15, 0.2) is 28.7 Å². The molecule has 6 N–H and O–H groups in total. The molecule has 2 rings (SSSR count). The second-order valence-electron chi connectivity index (χ2n) is 5.58. The monoisotopic (exact) mass is 391 g/mol. The van der Waals surface area contributed by atoms with Gasteiger partial charge in [-0.15, -0.1) is 11.3 Å². The Morgan fingerprint density at radius 3 is 2.74 bits per heavy atom. The summed E-state index contributed by atoms with van der Waals surface area (Å²) in [5, 5.41) is 11.5. The average molecular weight is 391 g/mol. The van der Waals surface area contributed by atoms with Crippen molar-refractivity contribution < 1.29 is 19.4 Å². The number of amides is 2. The number of rotatable bonds is 8. The number of thiazole rings is 1. The number of hydrogen-bond acceptors (Lipinski definition) is 8. The molecule has 0 aliphatic rings. The molecule has 1 heterocycles. The molecular formula is C17H21N5O4S. The highest BCUT2D eigenvalue weighted by molar-refractivity contribution is 7.09. The second kappa shape index (κ2) is 9.10. The number of anilines is 1. The van der Waals surface area contributed by atoms with Crippen LogP contribution in [0, 0.1) is 6.92 Å². The van der Waals surface area contributed by atoms with Crippen LogP contribution in [-0.2, 0) is 16.2 Å². The van der Waals surface area contributed by atoms with Gasteiger partial charge in [0.25, 0.3) is 5.91 Å². The number of nitrogens with two attached hydrogens (primary N) is 2. The highest BCUT2D eigenvalue weighted by Crippen LogP contribution is 2.23. The van der Waals surface area contributed by atoms with Gasteiger partial charge in [0.05, 0.1) is 22.7 Å². The van der Waals surface area contributed by atoms with E-state index >= 15 is 0 Å². The van der Waals surface area contributed by atoms with Gasteiger partial charge in [-0.1, -0.05) is 0 Å². The van der Waals surface area contributed by atoms with Crippen molar-refractivity contribution in [3.05, 3.63) is 39.8 Å². The molecule has 27 heavy (non-hydrogen) atoms. The Morgan fingerprint density at radius 2 is 2.19 bits per heavy atom. The number of nitrogen functional groups attached to an aromatic ring is 1. The third kappa shape index (κ3) is 5.02. The van der Waals surface area contributed by atoms with Crippen LogP contribution in [0.25, 0.3) is 0 Å². The van der Waals surface area contributed by atoms with Crippen molar-refractivity contribution in [2.24, 2.45) is 10.7 Å². The van der Waals surface area contributed by atoms with Gasteiger partial charge < -0.3 is 26.6 Å². The number of carbonyl (C=O) groups is 2. The minimum atomic E-state index is -1.22. The van der Waals surface area contributed by atoms with E-state index < -0.39 is 24.5 Å². The van der Waals surface area contributed by atoms with Crippen LogP contribution in [0.3, 0.4) is 0 Å². The molecule has 2 aromatic rings. The van der Waals surface area contributed by atoms with Gasteiger partial charge in [0.1, 0.15) is 24.1 Å². The number of hydrogen-bond donors (Lipinski definition) is 4. The van der Waals surface area contributed by atoms with E-state index in [9.17, 15) is 9.59 Å². The zero-order chi connectivity index (χ0) is 20.0. The van der Waals surface area contributed by atoms with Crippen molar-refractivity contribution in [3.8, 4) is 5.75 Å². The van der Waals surface area contributed by atoms with Crippen LogP contribution >= 0.6 is 11.3 Å². The van der Waals surface area contributed by atoms with Gasteiger partial charge in [-0.3, -0.25) is 14.6 Å². The molecule has 9 nitrogen and oxygen atoms in total. The van der Waals surface area contributed by atoms with E-state index in [4.69, 9.17) is 21.3 Å². The molecule has 0 bridgehead atoms. The van der Waals surface area contributed by atoms with Gasteiger partial charge in [0.15, 0.2) is 0 Å². The van der Waals surface area contributed by atoms with Crippen molar-refractivity contribution in [1.29, 1.82) is 0 Å². The first kappa shape index (κ1) is 20.3. The Kier molecular flexibility index (Phi) is 6.85. The number of primary amides is 1. The molecule has 0 saturated heterocycles. The molecule has 0 unspecified atom stereocenters. The first-order valence-electron chi connectivity index (χ1n) is 7.96. The normalized spacial score (nSPS) is 12.5. The number of aromatic nitrogens is 1. The van der Waals surface area contributed by atoms with Crippen LogP contribution in [0.1, 0.15) is 16.1 Å². The number of ether oxygens (including phenoxy) is 1. The van der Waals surface area contributed by atoms with E-state index in [1.165, 1.54) is 18.4 Å². The zero-order valence-electron chi connectivity index (χ0n) is 14.9. The zero-order valence-corrected chi connectivity index (χ0v) is 15.7. The SMILES string of the molecule is CN=C(C(=O)N[C@H](CO)C(N)=O)c1cc(OCc2scnc2C)ccc1N. The summed E-state index contributed by atoms with van der Waals surface area (Å²) in [4.78, 5) is 32.8. The molecule has 0 saturated carbocycles. The molecule has 10 heteroatoms. The predicted octanol–water partition coefficient (Wildman–Crippen LogP) is -0.00598. The average Bonchev–Trinajstić information content (AvgIpc) is 3.05. The van der Waals surface area contributed by atoms with Crippen molar-refractivity contribution in [2.75, 3.05) is 19.4 Å². The van der Waals surface area contributed by atoms with Crippen LogP contribution in [0.5, 0.6) is 5.75 Å². The number of nitrogens with one attached hydrogen (secondary N) is 1. The molecule has 0 radical (unpaired) electrons. The molecule has 2 amide bonds. The van der Waals surface area contributed by atoms with Gasteiger partial charge in [-0.2, -0.15) is 0 Å². The van der Waals surface area contributed by atoms with Crippen LogP contribution in [0.2, 0.25) is 0 Å². The van der Waals surface area contributed by atoms with Gasteiger partial charge in [-0.05, 0) is 25.1 Å². The lowest BCUT2D eigenvalue weighted by Crippen LogP contribution is -2.49. The molecule has 0 aliphatic carbocycles. The summed E-state index contributed by atoms with van der Waals surface area (Å²) in [6.07, 6.45) is 0. The van der Waals surface area contributed by atoms with Crippen molar-refractivity contribution in [3.63, 3.8) is 0 Å². The van der Waals surface area contributed by atoms with Crippen LogP contribution in [-0.4, -0.2) is 47.3 Å². The third-order valence-electron chi connectivity index (χ3n) is 3.76. The number of benzene rings is 1. The van der Waals surface area contributed by atoms with E-state index in [0.717, 1.165) is 10.6 Å². The second-order valence-corrected chi connectivity index (χ2v) is 6.52. The summed E-state index contributed by atoms with van der Waals surface area (Å²) in [5.74, 6) is -1.04. The maximum absolute atomic E-state index is 12.4. The van der Waals surface area contributed by atoms with Crippen LogP contribution < -0.4 is 21.5 Å². The standard InChI is InChI=1S/C17H21N5O4S/c1-9-14(27-8-21-9)7-26-10-3-4-12(18)11(5-10)15(20-2)17(25)22-13(6-23)16(19)24/h3-5,8,13,23H,6-7,18H2,1-2H3,(H2,19,24)(H,22,25)/t13-/m1/s1. The summed E-state index contributed by atoms with van der Waals surface area (Å²) in [5.41, 5.74) is 14.4. The van der Waals surface area contributed by atoms with Crippen molar-refractivity contribution in [1.82, 2.24) is 10.3 Å². The van der Waals surface area contributed by atoms with E-state index in [0.29, 0.717) is 23.6 Å². The molecule has 1 aromatic heterocycles. The van der Waals surface area contributed by atoms with Gasteiger partial charge in [0.2, 0.25) is 5.91 Å². The fourth-order valence-corrected chi connectivity index (χ4v) is 2.91. The molecular weight excluding hydrogens is 370 g/mol. The number of aliphatic hydroxyl groups excluding tert-OH is 1. The smallest absolute Gasteiger partial charge is 0.270 e. The minimum Gasteiger partial charge on any atom is -0.488 e. The van der Waals surface area contributed by atoms with E-state index in [-0.39, 0.29) is 5.71 Å². The molecule has 144 valence electrons. The minimum absolute atomic E-state index is 0.00776. The lowest BCUT2D eigenvalue weighted by atomic mass is 10.1. The van der Waals surface area contributed by atoms with Gasteiger partial charge in [0, 0.05) is 18.3 Å². The maximum atomic E-state index is 12.4. The summed E-state index contributed by atoms with van der Waals surface area (Å²) < 4.78 is 5.76. The quantitative estimate of drug-likeness (QED) is 0.367. The fraction of sp³-hybridized carbons (Fsp3) is 0.294. The molecule has 0 aliphatic heterocycles. The maximum Gasteiger partial charge on any atom is 0.270 e. The van der Waals surface area contributed by atoms with Crippen LogP contribution in [0.4, 0.5) is 5.69 Å². The molecule has 0 spiro atoms. The number of aryl methyl sites for hydroxylation is 1. The predicted molar refractivity (Wildman–Crippen MR) is 103 cm³/mol. The third-order valence-corrected chi connectivity index (χ3v) is 4.67. The largest absolute Gasteiger partial charge is 0.488 e. The van der Waals surface area contributed by atoms with E-state index in [2.05, 4.69) is 15.3 Å². The van der Waals surface area contributed by atoms with Gasteiger partial charge >= 0.3 is 0 Å². The summed E-state index contributed by atoms with van der Waals surface area (Å²) in [6, 6.07) is 3.65. The molecule has 0 fully saturated rings. The number of aliphatic imine (C=N–C) groups is 1. The summed E-state index contributed by atoms with van der Waals surface area (Å²) >= 11 is 1.49. The Bertz CT molecular complexity index is 865. The van der Waals surface area contributed by atoms with E-state index in [1.54, 1.807) is 23.7 Å². The van der Waals surface area contributed by atoms with E-state index in [1.807, 2.05) is 6.92 Å². The first-order valence-corrected chi connectivity index (χ1v) is 8.84. The molecule has 1 atom stereocenters. The summed E-state index contributed by atoms with van der Waals surface area (Å²) in [7, 11) is 1.42. The Labute approximate surface area is 160 Å². The lowest BCUT2D eigenvalue weighted by Gasteiger charge is -2.15. The fourth-order valence-electron chi connectivity index (χ4n) is 2.22. The first-order chi connectivity index (χ1) is 12.9. The summed E-state index contributed by atoms with van der Waals surface area (Å²) in [6.45, 7) is 1.61. The number of carbonyl (C=O) groups excluding carboxylic acids is 2. The highest BCUT2D eigenvalue weighted by Gasteiger charge is 2.22. The Hall–Kier alpha value is -2.98. The highest BCUT2D eigenvalue weighted by atomic mass is 32.1. The number of nitrogens with zero attached hydrogens (tertiary/aromatic N) is 2.